The van der Waals surface area contributed by atoms with Crippen LogP contribution in [0.3, 0.4) is 0 Å². The van der Waals surface area contributed by atoms with E-state index in [2.05, 4.69) is 42.5 Å². The van der Waals surface area contributed by atoms with Gasteiger partial charge in [0.25, 0.3) is 0 Å². The highest BCUT2D eigenvalue weighted by atomic mass is 79.9. The Balaban J connectivity index is 1.67. The first-order valence-corrected chi connectivity index (χ1v) is 15.4. The Morgan fingerprint density at radius 2 is 1.68 bits per heavy atom. The van der Waals surface area contributed by atoms with Crippen molar-refractivity contribution in [2.24, 2.45) is 40.4 Å². The molecule has 0 saturated heterocycles. The van der Waals surface area contributed by atoms with Crippen LogP contribution >= 0.6 is 14.8 Å². The molecule has 2 nitrogen and oxygen atoms in total. The smallest absolute Gasteiger partial charge is 0.215 e. The Labute approximate surface area is 181 Å². The van der Waals surface area contributed by atoms with E-state index < -0.39 is 13.0 Å². The third-order valence-electron chi connectivity index (χ3n) is 10.7. The van der Waals surface area contributed by atoms with Gasteiger partial charge >= 0.3 is 0 Å². The van der Waals surface area contributed by atoms with Crippen molar-refractivity contribution >= 4 is 23.1 Å². The van der Waals surface area contributed by atoms with Crippen molar-refractivity contribution < 1.29 is 8.42 Å². The summed E-state index contributed by atoms with van der Waals surface area (Å²) in [4.78, 5) is 0. The van der Waals surface area contributed by atoms with Gasteiger partial charge < -0.3 is 0 Å². The van der Waals surface area contributed by atoms with Gasteiger partial charge in [0, 0.05) is 0 Å². The second-order valence-electron chi connectivity index (χ2n) is 11.5. The van der Waals surface area contributed by atoms with Crippen LogP contribution in [-0.4, -0.2) is 13.2 Å². The number of halogens is 1. The summed E-state index contributed by atoms with van der Waals surface area (Å²) in [5, 5.41) is 0. The van der Waals surface area contributed by atoms with Gasteiger partial charge in [-0.3, -0.25) is 0 Å². The second kappa shape index (κ2) is 7.24. The molecular weight excluding hydrogens is 432 g/mol. The molecule has 4 aliphatic carbocycles. The van der Waals surface area contributed by atoms with E-state index in [0.717, 1.165) is 55.8 Å². The molecule has 28 heavy (non-hydrogen) atoms. The zero-order valence-electron chi connectivity index (χ0n) is 18.5. The minimum Gasteiger partial charge on any atom is -0.216 e. The molecule has 0 spiro atoms. The van der Waals surface area contributed by atoms with Crippen LogP contribution in [0.25, 0.3) is 0 Å². The first kappa shape index (κ1) is 21.7. The number of hydrogen-bond acceptors (Lipinski definition) is 2. The molecule has 0 amide bonds. The maximum atomic E-state index is 13.0. The lowest BCUT2D eigenvalue weighted by atomic mass is 9.44. The molecule has 0 aromatic heterocycles. The Morgan fingerprint density at radius 1 is 0.964 bits per heavy atom. The summed E-state index contributed by atoms with van der Waals surface area (Å²) < 4.78 is 25.6. The Morgan fingerprint density at radius 3 is 2.36 bits per heavy atom. The molecule has 8 atom stereocenters. The quantitative estimate of drug-likeness (QED) is 0.401. The van der Waals surface area contributed by atoms with Crippen molar-refractivity contribution in [2.45, 2.75) is 109 Å². The van der Waals surface area contributed by atoms with Crippen LogP contribution in [0.2, 0.25) is 0 Å². The third kappa shape index (κ3) is 2.85. The molecule has 0 aliphatic heterocycles. The van der Waals surface area contributed by atoms with Crippen LogP contribution in [0, 0.1) is 40.4 Å². The van der Waals surface area contributed by atoms with Crippen molar-refractivity contribution in [1.82, 2.24) is 0 Å². The van der Waals surface area contributed by atoms with Crippen molar-refractivity contribution in [3.8, 4) is 0 Å². The predicted octanol–water partition coefficient (Wildman–Crippen LogP) is 7.32. The lowest BCUT2D eigenvalue weighted by molar-refractivity contribution is -0.104. The minimum absolute atomic E-state index is 0.0368. The van der Waals surface area contributed by atoms with Gasteiger partial charge in [-0.25, -0.2) is 8.42 Å². The average Bonchev–Trinajstić information content (AvgIpc) is 2.97. The average molecular weight is 474 g/mol. The summed E-state index contributed by atoms with van der Waals surface area (Å²) in [7, 11) is -3.21. The maximum Gasteiger partial charge on any atom is 0.215 e. The van der Waals surface area contributed by atoms with E-state index in [9.17, 15) is 8.42 Å². The number of fused-ring (bicyclic) bond motifs is 5. The van der Waals surface area contributed by atoms with Gasteiger partial charge in [0.05, 0.1) is 19.6 Å². The third-order valence-corrected chi connectivity index (χ3v) is 14.3. The topological polar surface area (TPSA) is 34.1 Å². The molecule has 0 N–H and O–H groups in total. The summed E-state index contributed by atoms with van der Waals surface area (Å²) in [6.07, 6.45) is 14.3. The molecule has 4 fully saturated rings. The Hall–Kier alpha value is 0.430. The summed E-state index contributed by atoms with van der Waals surface area (Å²) in [6.45, 7) is 9.81. The SMILES string of the molecule is CCC[C@@H](C)[C@H]1CC[C@H]2[C@@H]3CC[C@]4(S(=O)(=O)Br)CCCC[C@]4(C)[C@H]3CC[C@]12C. The molecule has 4 aliphatic rings. The predicted molar refractivity (Wildman–Crippen MR) is 121 cm³/mol. The van der Waals surface area contributed by atoms with Gasteiger partial charge in [0.1, 0.15) is 0 Å². The molecule has 0 bridgehead atoms. The van der Waals surface area contributed by atoms with E-state index in [1.54, 1.807) is 0 Å². The van der Waals surface area contributed by atoms with Crippen LogP contribution < -0.4 is 0 Å². The fourth-order valence-electron chi connectivity index (χ4n) is 9.39. The van der Waals surface area contributed by atoms with E-state index in [1.807, 2.05) is 0 Å². The van der Waals surface area contributed by atoms with Crippen molar-refractivity contribution in [2.75, 3.05) is 0 Å². The summed E-state index contributed by atoms with van der Waals surface area (Å²) in [6, 6.07) is 0. The Kier molecular flexibility index (Phi) is 5.60. The highest BCUT2D eigenvalue weighted by Gasteiger charge is 2.67. The van der Waals surface area contributed by atoms with Crippen LogP contribution in [0.5, 0.6) is 0 Å². The monoisotopic (exact) mass is 472 g/mol. The van der Waals surface area contributed by atoms with Gasteiger partial charge in [-0.2, -0.15) is 0 Å². The Bertz CT molecular complexity index is 705. The van der Waals surface area contributed by atoms with Crippen LogP contribution in [0.15, 0.2) is 0 Å². The lowest BCUT2D eigenvalue weighted by Gasteiger charge is -2.64. The van der Waals surface area contributed by atoms with Gasteiger partial charge in [-0.05, 0) is 91.8 Å². The fourth-order valence-corrected chi connectivity index (χ4v) is 13.0. The van der Waals surface area contributed by atoms with Crippen molar-refractivity contribution in [3.63, 3.8) is 0 Å². The van der Waals surface area contributed by atoms with E-state index in [1.165, 1.54) is 44.9 Å². The summed E-state index contributed by atoms with van der Waals surface area (Å²) in [5.41, 5.74) is 0.457. The maximum absolute atomic E-state index is 13.0. The molecule has 0 aromatic carbocycles. The lowest BCUT2D eigenvalue weighted by Crippen LogP contribution is -2.63. The van der Waals surface area contributed by atoms with Crippen molar-refractivity contribution in [3.05, 3.63) is 0 Å². The summed E-state index contributed by atoms with van der Waals surface area (Å²) in [5.74, 6) is 3.90. The standard InChI is InChI=1S/C24H41BrO2S/c1-5-8-17(2)19-9-10-20-18-11-16-24(28(25,26)27)14-7-6-13-23(24,4)21(18)12-15-22(19,20)3/h17-21H,5-16H2,1-4H3/t17-,18+,19-,20+,21+,22-,23-,24-/m1/s1. The highest BCUT2D eigenvalue weighted by molar-refractivity contribution is 9.47. The molecular formula is C24H41BrO2S. The first-order valence-electron chi connectivity index (χ1n) is 12.0. The van der Waals surface area contributed by atoms with Crippen LogP contribution in [0.1, 0.15) is 105 Å². The zero-order chi connectivity index (χ0) is 20.4. The van der Waals surface area contributed by atoms with E-state index in [0.29, 0.717) is 11.3 Å². The normalized spacial score (nSPS) is 49.8. The van der Waals surface area contributed by atoms with Crippen molar-refractivity contribution in [1.29, 1.82) is 0 Å². The largest absolute Gasteiger partial charge is 0.216 e. The molecule has 0 heterocycles. The minimum atomic E-state index is -3.21. The molecule has 0 aromatic rings. The van der Waals surface area contributed by atoms with Gasteiger partial charge in [-0.15, -0.1) is 0 Å². The molecule has 0 radical (unpaired) electrons. The molecule has 4 rings (SSSR count). The number of hydrogen-bond donors (Lipinski definition) is 0. The van der Waals surface area contributed by atoms with Gasteiger partial charge in [0.2, 0.25) is 8.27 Å². The van der Waals surface area contributed by atoms with E-state index >= 15 is 0 Å². The fraction of sp³-hybridized carbons (Fsp3) is 1.00. The zero-order valence-corrected chi connectivity index (χ0v) is 20.9. The van der Waals surface area contributed by atoms with Crippen LogP contribution in [-0.2, 0) is 8.27 Å². The van der Waals surface area contributed by atoms with Gasteiger partial charge in [0.15, 0.2) is 0 Å². The molecule has 162 valence electrons. The first-order chi connectivity index (χ1) is 13.1. The van der Waals surface area contributed by atoms with E-state index in [4.69, 9.17) is 0 Å². The highest BCUT2D eigenvalue weighted by Crippen LogP contribution is 2.70. The van der Waals surface area contributed by atoms with E-state index in [-0.39, 0.29) is 5.41 Å². The van der Waals surface area contributed by atoms with Crippen LogP contribution in [0.4, 0.5) is 0 Å². The molecule has 4 heteroatoms. The molecule has 0 unspecified atom stereocenters. The van der Waals surface area contributed by atoms with Gasteiger partial charge in [-0.1, -0.05) is 53.4 Å². The summed E-state index contributed by atoms with van der Waals surface area (Å²) >= 11 is 3.21. The molecule has 4 saturated carbocycles. The number of rotatable bonds is 4. The second-order valence-corrected chi connectivity index (χ2v) is 15.7.